The van der Waals surface area contributed by atoms with Gasteiger partial charge in [-0.1, -0.05) is 35.9 Å². The summed E-state index contributed by atoms with van der Waals surface area (Å²) in [6.07, 6.45) is 3.41. The molecule has 0 aliphatic heterocycles. The molecule has 2 aromatic carbocycles. The fraction of sp³-hybridized carbons (Fsp3) is 0. The molecule has 0 fully saturated rings. The van der Waals surface area contributed by atoms with Gasteiger partial charge in [0.25, 0.3) is 0 Å². The van der Waals surface area contributed by atoms with E-state index < -0.39 is 0 Å². The van der Waals surface area contributed by atoms with Gasteiger partial charge < -0.3 is 4.42 Å². The van der Waals surface area contributed by atoms with E-state index in [4.69, 9.17) is 16.0 Å². The first-order valence-electron chi connectivity index (χ1n) is 8.68. The van der Waals surface area contributed by atoms with Crippen LogP contribution in [0.25, 0.3) is 45.2 Å². The number of para-hydroxylation sites is 1. The summed E-state index contributed by atoms with van der Waals surface area (Å²) in [6, 6.07) is 21.0. The maximum absolute atomic E-state index is 6.28. The van der Waals surface area contributed by atoms with Crippen molar-refractivity contribution in [1.29, 1.82) is 0 Å². The molecule has 28 heavy (non-hydrogen) atoms. The molecular weight excluding hydrogens is 372 g/mol. The topological polar surface area (TPSA) is 64.7 Å². The molecule has 5 nitrogen and oxygen atoms in total. The van der Waals surface area contributed by atoms with Crippen LogP contribution in [0.4, 0.5) is 0 Å². The zero-order valence-corrected chi connectivity index (χ0v) is 15.3. The fourth-order valence-corrected chi connectivity index (χ4v) is 3.22. The Bertz CT molecular complexity index is 1270. The Labute approximate surface area is 165 Å². The summed E-state index contributed by atoms with van der Waals surface area (Å²) in [4.78, 5) is 17.8. The third-order valence-corrected chi connectivity index (χ3v) is 4.52. The van der Waals surface area contributed by atoms with Gasteiger partial charge in [0, 0.05) is 35.2 Å². The molecule has 0 atom stereocenters. The van der Waals surface area contributed by atoms with Crippen molar-refractivity contribution in [3.05, 3.63) is 84.3 Å². The quantitative estimate of drug-likeness (QED) is 0.375. The lowest BCUT2D eigenvalue weighted by Gasteiger charge is -2.05. The number of nitrogens with zero attached hydrogens (tertiary/aromatic N) is 4. The lowest BCUT2D eigenvalue weighted by Crippen LogP contribution is -1.93. The highest BCUT2D eigenvalue weighted by Gasteiger charge is 2.15. The number of hydrogen-bond donors (Lipinski definition) is 0. The standard InChI is InChI=1S/C22H13ClN4O/c23-19-12-18(25-21(27-19)15-8-5-11-24-13-15)16-9-4-10-17-20(16)28-22(26-17)14-6-2-1-3-7-14/h1-13H. The van der Waals surface area contributed by atoms with Crippen molar-refractivity contribution < 1.29 is 4.42 Å². The van der Waals surface area contributed by atoms with Gasteiger partial charge in [-0.25, -0.2) is 15.0 Å². The van der Waals surface area contributed by atoms with E-state index in [0.717, 1.165) is 22.2 Å². The molecule has 0 saturated heterocycles. The summed E-state index contributed by atoms with van der Waals surface area (Å²) < 4.78 is 6.10. The van der Waals surface area contributed by atoms with Gasteiger partial charge in [0.1, 0.15) is 10.7 Å². The Morgan fingerprint density at radius 1 is 0.786 bits per heavy atom. The highest BCUT2D eigenvalue weighted by molar-refractivity contribution is 6.29. The molecule has 3 heterocycles. The molecule has 134 valence electrons. The van der Waals surface area contributed by atoms with Crippen molar-refractivity contribution in [3.8, 4) is 34.1 Å². The monoisotopic (exact) mass is 384 g/mol. The summed E-state index contributed by atoms with van der Waals surface area (Å²) in [7, 11) is 0. The lowest BCUT2D eigenvalue weighted by molar-refractivity contribution is 0.620. The van der Waals surface area contributed by atoms with Crippen LogP contribution in [0, 0.1) is 0 Å². The van der Waals surface area contributed by atoms with Crippen LogP contribution in [0.15, 0.2) is 83.5 Å². The van der Waals surface area contributed by atoms with Crippen molar-refractivity contribution in [3.63, 3.8) is 0 Å². The highest BCUT2D eigenvalue weighted by atomic mass is 35.5. The van der Waals surface area contributed by atoms with Gasteiger partial charge in [0.05, 0.1) is 5.69 Å². The normalized spacial score (nSPS) is 11.0. The molecule has 5 aromatic rings. The maximum atomic E-state index is 6.28. The van der Waals surface area contributed by atoms with Crippen molar-refractivity contribution in [2.24, 2.45) is 0 Å². The number of oxazole rings is 1. The molecule has 0 bridgehead atoms. The van der Waals surface area contributed by atoms with Gasteiger partial charge in [0.15, 0.2) is 11.4 Å². The van der Waals surface area contributed by atoms with Gasteiger partial charge in [-0.15, -0.1) is 0 Å². The summed E-state index contributed by atoms with van der Waals surface area (Å²) in [5, 5.41) is 0.351. The van der Waals surface area contributed by atoms with Crippen molar-refractivity contribution in [1.82, 2.24) is 19.9 Å². The van der Waals surface area contributed by atoms with E-state index in [1.807, 2.05) is 60.7 Å². The largest absolute Gasteiger partial charge is 0.435 e. The van der Waals surface area contributed by atoms with Crippen LogP contribution in [0.1, 0.15) is 0 Å². The molecule has 3 aromatic heterocycles. The molecule has 0 unspecified atom stereocenters. The van der Waals surface area contributed by atoms with Crippen LogP contribution in [0.5, 0.6) is 0 Å². The minimum absolute atomic E-state index is 0.351. The zero-order chi connectivity index (χ0) is 18.9. The van der Waals surface area contributed by atoms with E-state index in [-0.39, 0.29) is 0 Å². The van der Waals surface area contributed by atoms with Crippen LogP contribution in [0.2, 0.25) is 5.15 Å². The van der Waals surface area contributed by atoms with Crippen molar-refractivity contribution in [2.45, 2.75) is 0 Å². The number of rotatable bonds is 3. The first-order chi connectivity index (χ1) is 13.8. The van der Waals surface area contributed by atoms with Crippen molar-refractivity contribution in [2.75, 3.05) is 0 Å². The SMILES string of the molecule is Clc1cc(-c2cccc3nc(-c4ccccc4)oc23)nc(-c2cccnc2)n1. The molecule has 5 rings (SSSR count). The second-order valence-electron chi connectivity index (χ2n) is 6.18. The molecule has 0 amide bonds. The smallest absolute Gasteiger partial charge is 0.227 e. The Morgan fingerprint density at radius 2 is 1.64 bits per heavy atom. The Kier molecular flexibility index (Phi) is 4.07. The first kappa shape index (κ1) is 16.6. The van der Waals surface area contributed by atoms with Crippen molar-refractivity contribution >= 4 is 22.7 Å². The lowest BCUT2D eigenvalue weighted by atomic mass is 10.1. The summed E-state index contributed by atoms with van der Waals surface area (Å²) in [5.41, 5.74) is 4.60. The number of pyridine rings is 1. The molecule has 0 N–H and O–H groups in total. The summed E-state index contributed by atoms with van der Waals surface area (Å²) in [6.45, 7) is 0. The molecule has 0 aliphatic carbocycles. The van der Waals surface area contributed by atoms with E-state index in [0.29, 0.717) is 28.1 Å². The maximum Gasteiger partial charge on any atom is 0.227 e. The van der Waals surface area contributed by atoms with Crippen LogP contribution in [-0.4, -0.2) is 19.9 Å². The molecule has 0 radical (unpaired) electrons. The molecule has 0 spiro atoms. The predicted octanol–water partition coefficient (Wildman–Crippen LogP) is 5.67. The summed E-state index contributed by atoms with van der Waals surface area (Å²) in [5.74, 6) is 1.08. The van der Waals surface area contributed by atoms with Crippen LogP contribution >= 0.6 is 11.6 Å². The Morgan fingerprint density at radius 3 is 2.46 bits per heavy atom. The minimum Gasteiger partial charge on any atom is -0.435 e. The minimum atomic E-state index is 0.351. The predicted molar refractivity (Wildman–Crippen MR) is 109 cm³/mol. The van der Waals surface area contributed by atoms with Gasteiger partial charge in [-0.05, 0) is 36.4 Å². The van der Waals surface area contributed by atoms with E-state index in [9.17, 15) is 0 Å². The van der Waals surface area contributed by atoms with Crippen LogP contribution in [0.3, 0.4) is 0 Å². The first-order valence-corrected chi connectivity index (χ1v) is 9.06. The number of aromatic nitrogens is 4. The molecule has 0 aliphatic rings. The van der Waals surface area contributed by atoms with Gasteiger partial charge in [0.2, 0.25) is 5.89 Å². The van der Waals surface area contributed by atoms with Gasteiger partial charge in [-0.2, -0.15) is 0 Å². The molecule has 0 saturated carbocycles. The van der Waals surface area contributed by atoms with Crippen LogP contribution < -0.4 is 0 Å². The fourth-order valence-electron chi connectivity index (χ4n) is 3.03. The Hall–Kier alpha value is -3.57. The highest BCUT2D eigenvalue weighted by Crippen LogP contribution is 2.33. The zero-order valence-electron chi connectivity index (χ0n) is 14.6. The van der Waals surface area contributed by atoms with E-state index in [1.54, 1.807) is 18.5 Å². The number of hydrogen-bond acceptors (Lipinski definition) is 5. The number of halogens is 1. The number of benzene rings is 2. The molecule has 6 heteroatoms. The molecular formula is C22H13ClN4O. The Balaban J connectivity index is 1.68. The second-order valence-corrected chi connectivity index (χ2v) is 6.57. The third-order valence-electron chi connectivity index (χ3n) is 4.33. The summed E-state index contributed by atoms with van der Waals surface area (Å²) >= 11 is 6.28. The third kappa shape index (κ3) is 3.02. The van der Waals surface area contributed by atoms with Gasteiger partial charge >= 0.3 is 0 Å². The van der Waals surface area contributed by atoms with Gasteiger partial charge in [-0.3, -0.25) is 4.98 Å². The number of fused-ring (bicyclic) bond motifs is 1. The van der Waals surface area contributed by atoms with Crippen LogP contribution in [-0.2, 0) is 0 Å². The average molecular weight is 385 g/mol. The van der Waals surface area contributed by atoms with E-state index >= 15 is 0 Å². The second kappa shape index (κ2) is 6.87. The van der Waals surface area contributed by atoms with E-state index in [2.05, 4.69) is 19.9 Å². The average Bonchev–Trinajstić information content (AvgIpc) is 3.19. The van der Waals surface area contributed by atoms with E-state index in [1.165, 1.54) is 0 Å².